The molecule has 20 heavy (non-hydrogen) atoms. The zero-order chi connectivity index (χ0) is 14.5. The summed E-state index contributed by atoms with van der Waals surface area (Å²) in [5.74, 6) is 0.182. The van der Waals surface area contributed by atoms with Crippen molar-refractivity contribution in [3.63, 3.8) is 0 Å². The van der Waals surface area contributed by atoms with Crippen LogP contribution in [0.4, 0.5) is 11.4 Å². The minimum atomic E-state index is -0.0834. The Labute approximate surface area is 127 Å². The molecular weight excluding hydrogens is 292 g/mol. The molecule has 0 spiro atoms. The Kier molecular flexibility index (Phi) is 4.93. The summed E-state index contributed by atoms with van der Waals surface area (Å²) in [6, 6.07) is 13.0. The van der Waals surface area contributed by atoms with E-state index >= 15 is 0 Å². The molecule has 1 amide bonds. The summed E-state index contributed by atoms with van der Waals surface area (Å²) in [6.45, 7) is 1.98. The smallest absolute Gasteiger partial charge is 0.234 e. The third-order valence-electron chi connectivity index (χ3n) is 2.65. The number of nitrogens with one attached hydrogen (secondary N) is 1. The van der Waals surface area contributed by atoms with Crippen LogP contribution in [0.1, 0.15) is 5.56 Å². The van der Waals surface area contributed by atoms with Gasteiger partial charge < -0.3 is 11.1 Å². The van der Waals surface area contributed by atoms with E-state index in [1.165, 1.54) is 11.8 Å². The van der Waals surface area contributed by atoms with Gasteiger partial charge in [0.1, 0.15) is 0 Å². The van der Waals surface area contributed by atoms with Gasteiger partial charge in [-0.25, -0.2) is 0 Å². The summed E-state index contributed by atoms with van der Waals surface area (Å²) >= 11 is 7.40. The van der Waals surface area contributed by atoms with Crippen molar-refractivity contribution in [3.05, 3.63) is 53.1 Å². The molecule has 104 valence electrons. The molecule has 0 saturated carbocycles. The molecule has 0 aromatic heterocycles. The molecule has 2 aromatic carbocycles. The average Bonchev–Trinajstić information content (AvgIpc) is 2.38. The maximum absolute atomic E-state index is 11.9. The number of carbonyl (C=O) groups excluding carboxylic acids is 1. The van der Waals surface area contributed by atoms with Gasteiger partial charge in [-0.1, -0.05) is 29.8 Å². The molecule has 5 heteroatoms. The highest BCUT2D eigenvalue weighted by molar-refractivity contribution is 8.00. The van der Waals surface area contributed by atoms with Crippen LogP contribution in [0, 0.1) is 6.92 Å². The lowest BCUT2D eigenvalue weighted by Crippen LogP contribution is -2.14. The molecule has 2 aromatic rings. The highest BCUT2D eigenvalue weighted by Gasteiger charge is 2.09. The molecule has 0 atom stereocenters. The van der Waals surface area contributed by atoms with E-state index in [0.29, 0.717) is 10.7 Å². The maximum Gasteiger partial charge on any atom is 0.234 e. The Morgan fingerprint density at radius 2 is 2.05 bits per heavy atom. The number of hydrogen-bond acceptors (Lipinski definition) is 3. The summed E-state index contributed by atoms with van der Waals surface area (Å²) in [4.78, 5) is 12.6. The van der Waals surface area contributed by atoms with Crippen molar-refractivity contribution in [2.24, 2.45) is 0 Å². The standard InChI is InChI=1S/C15H15ClN2OS/c1-10-4-2-5-11(8-10)18-14(19)9-20-15-12(16)6-3-7-13(15)17/h2-8H,9,17H2,1H3,(H,18,19). The predicted molar refractivity (Wildman–Crippen MR) is 86.4 cm³/mol. The zero-order valence-corrected chi connectivity index (χ0v) is 12.6. The Morgan fingerprint density at radius 1 is 1.30 bits per heavy atom. The van der Waals surface area contributed by atoms with Gasteiger partial charge in [-0.05, 0) is 36.8 Å². The quantitative estimate of drug-likeness (QED) is 0.664. The highest BCUT2D eigenvalue weighted by atomic mass is 35.5. The Balaban J connectivity index is 1.96. The van der Waals surface area contributed by atoms with Crippen molar-refractivity contribution in [2.45, 2.75) is 11.8 Å². The fraction of sp³-hybridized carbons (Fsp3) is 0.133. The molecule has 0 bridgehead atoms. The number of carbonyl (C=O) groups is 1. The van der Waals surface area contributed by atoms with Gasteiger partial charge in [0.15, 0.2) is 0 Å². The minimum Gasteiger partial charge on any atom is -0.398 e. The number of halogens is 1. The number of anilines is 2. The number of nitrogen functional groups attached to an aromatic ring is 1. The van der Waals surface area contributed by atoms with Gasteiger partial charge in [-0.15, -0.1) is 11.8 Å². The van der Waals surface area contributed by atoms with Gasteiger partial charge in [0, 0.05) is 16.3 Å². The van der Waals surface area contributed by atoms with Gasteiger partial charge >= 0.3 is 0 Å². The number of nitrogens with two attached hydrogens (primary N) is 1. The van der Waals surface area contributed by atoms with Crippen LogP contribution in [0.25, 0.3) is 0 Å². The first-order valence-electron chi connectivity index (χ1n) is 6.09. The lowest BCUT2D eigenvalue weighted by Gasteiger charge is -2.08. The lowest BCUT2D eigenvalue weighted by atomic mass is 10.2. The van der Waals surface area contributed by atoms with Crippen LogP contribution in [0.15, 0.2) is 47.4 Å². The van der Waals surface area contributed by atoms with E-state index in [0.717, 1.165) is 16.1 Å². The lowest BCUT2D eigenvalue weighted by molar-refractivity contribution is -0.113. The molecule has 0 heterocycles. The van der Waals surface area contributed by atoms with E-state index in [9.17, 15) is 4.79 Å². The van der Waals surface area contributed by atoms with E-state index in [2.05, 4.69) is 5.32 Å². The number of thioether (sulfide) groups is 1. The van der Waals surface area contributed by atoms with Gasteiger partial charge in [0.05, 0.1) is 10.8 Å². The Morgan fingerprint density at radius 3 is 2.75 bits per heavy atom. The van der Waals surface area contributed by atoms with Gasteiger partial charge in [0.2, 0.25) is 5.91 Å². The number of amides is 1. The third-order valence-corrected chi connectivity index (χ3v) is 4.22. The molecular formula is C15H15ClN2OS. The van der Waals surface area contributed by atoms with E-state index in [1.54, 1.807) is 18.2 Å². The van der Waals surface area contributed by atoms with Crippen LogP contribution < -0.4 is 11.1 Å². The summed E-state index contributed by atoms with van der Waals surface area (Å²) in [5, 5.41) is 3.42. The molecule has 3 nitrogen and oxygen atoms in total. The van der Waals surface area contributed by atoms with Gasteiger partial charge in [0.25, 0.3) is 0 Å². The van der Waals surface area contributed by atoms with Crippen molar-refractivity contribution in [2.75, 3.05) is 16.8 Å². The van der Waals surface area contributed by atoms with Crippen LogP contribution in [0.2, 0.25) is 5.02 Å². The molecule has 0 aliphatic carbocycles. The maximum atomic E-state index is 11.9. The molecule has 0 aliphatic heterocycles. The Bertz CT molecular complexity index is 611. The molecule has 3 N–H and O–H groups in total. The fourth-order valence-corrected chi connectivity index (χ4v) is 2.87. The van der Waals surface area contributed by atoms with E-state index < -0.39 is 0 Å². The molecule has 0 saturated heterocycles. The molecule has 0 aliphatic rings. The van der Waals surface area contributed by atoms with Crippen molar-refractivity contribution >= 4 is 40.6 Å². The number of benzene rings is 2. The van der Waals surface area contributed by atoms with Crippen LogP contribution in [0.3, 0.4) is 0 Å². The first-order chi connectivity index (χ1) is 9.56. The minimum absolute atomic E-state index is 0.0834. The zero-order valence-electron chi connectivity index (χ0n) is 11.0. The SMILES string of the molecule is Cc1cccc(NC(=O)CSc2c(N)cccc2Cl)c1. The number of hydrogen-bond donors (Lipinski definition) is 2. The van der Waals surface area contributed by atoms with Crippen LogP contribution in [0.5, 0.6) is 0 Å². The summed E-state index contributed by atoms with van der Waals surface area (Å²) in [5.41, 5.74) is 8.33. The second kappa shape index (κ2) is 6.68. The first-order valence-corrected chi connectivity index (χ1v) is 7.46. The second-order valence-electron chi connectivity index (χ2n) is 4.36. The molecule has 0 unspecified atom stereocenters. The van der Waals surface area contributed by atoms with Crippen molar-refractivity contribution < 1.29 is 4.79 Å². The normalized spacial score (nSPS) is 10.3. The van der Waals surface area contributed by atoms with Crippen LogP contribution in [-0.2, 0) is 4.79 Å². The number of rotatable bonds is 4. The van der Waals surface area contributed by atoms with Crippen LogP contribution in [-0.4, -0.2) is 11.7 Å². The van der Waals surface area contributed by atoms with Crippen molar-refractivity contribution in [1.82, 2.24) is 0 Å². The van der Waals surface area contributed by atoms with Crippen molar-refractivity contribution in [1.29, 1.82) is 0 Å². The second-order valence-corrected chi connectivity index (χ2v) is 5.76. The Hall–Kier alpha value is -1.65. The average molecular weight is 307 g/mol. The monoisotopic (exact) mass is 306 g/mol. The number of aryl methyl sites for hydroxylation is 1. The molecule has 0 fully saturated rings. The highest BCUT2D eigenvalue weighted by Crippen LogP contribution is 2.32. The molecule has 2 rings (SSSR count). The summed E-state index contributed by atoms with van der Waals surface area (Å²) < 4.78 is 0. The molecule has 0 radical (unpaired) electrons. The summed E-state index contributed by atoms with van der Waals surface area (Å²) in [6.07, 6.45) is 0. The predicted octanol–water partition coefficient (Wildman–Crippen LogP) is 3.96. The van der Waals surface area contributed by atoms with Crippen LogP contribution >= 0.6 is 23.4 Å². The summed E-state index contributed by atoms with van der Waals surface area (Å²) in [7, 11) is 0. The largest absolute Gasteiger partial charge is 0.398 e. The van der Waals surface area contributed by atoms with Gasteiger partial charge in [-0.3, -0.25) is 4.79 Å². The first kappa shape index (κ1) is 14.8. The van der Waals surface area contributed by atoms with Crippen molar-refractivity contribution in [3.8, 4) is 0 Å². The fourth-order valence-electron chi connectivity index (χ4n) is 1.74. The van der Waals surface area contributed by atoms with Gasteiger partial charge in [-0.2, -0.15) is 0 Å². The van der Waals surface area contributed by atoms with E-state index in [-0.39, 0.29) is 11.7 Å². The van der Waals surface area contributed by atoms with E-state index in [4.69, 9.17) is 17.3 Å². The van der Waals surface area contributed by atoms with E-state index in [1.807, 2.05) is 31.2 Å². The topological polar surface area (TPSA) is 55.1 Å². The third kappa shape index (κ3) is 3.92.